The van der Waals surface area contributed by atoms with Crippen LogP contribution in [0, 0.1) is 5.92 Å². The minimum Gasteiger partial charge on any atom is -0.462 e. The van der Waals surface area contributed by atoms with Crippen molar-refractivity contribution in [1.29, 1.82) is 0 Å². The van der Waals surface area contributed by atoms with E-state index in [0.29, 0.717) is 25.7 Å². The van der Waals surface area contributed by atoms with Crippen molar-refractivity contribution in [1.82, 2.24) is 0 Å². The second-order valence-corrected chi connectivity index (χ2v) is 30.6. The molecule has 6 atom stereocenters. The van der Waals surface area contributed by atoms with E-state index in [4.69, 9.17) is 37.0 Å². The van der Waals surface area contributed by atoms with E-state index in [-0.39, 0.29) is 25.7 Å². The third kappa shape index (κ3) is 70.4. The smallest absolute Gasteiger partial charge is 0.462 e. The Morgan fingerprint density at radius 3 is 0.876 bits per heavy atom. The van der Waals surface area contributed by atoms with Gasteiger partial charge in [0.05, 0.1) is 26.4 Å². The van der Waals surface area contributed by atoms with E-state index < -0.39 is 97.5 Å². The van der Waals surface area contributed by atoms with Crippen molar-refractivity contribution in [2.75, 3.05) is 39.6 Å². The molecule has 0 spiro atoms. The number of aliphatic hydroxyl groups is 1. The molecule has 17 nitrogen and oxygen atoms in total. The molecule has 0 aliphatic carbocycles. The second kappa shape index (κ2) is 70.6. The van der Waals surface area contributed by atoms with Gasteiger partial charge in [-0.3, -0.25) is 37.3 Å². The summed E-state index contributed by atoms with van der Waals surface area (Å²) in [7, 11) is -9.92. The molecular formula is C78H148O17P2. The molecule has 0 aromatic rings. The summed E-state index contributed by atoms with van der Waals surface area (Å²) in [5.41, 5.74) is 0. The molecule has 97 heavy (non-hydrogen) atoms. The molecule has 572 valence electrons. The lowest BCUT2D eigenvalue weighted by atomic mass is 9.99. The fourth-order valence-electron chi connectivity index (χ4n) is 11.5. The molecule has 0 saturated carbocycles. The van der Waals surface area contributed by atoms with Gasteiger partial charge in [-0.1, -0.05) is 335 Å². The van der Waals surface area contributed by atoms with Gasteiger partial charge in [-0.05, 0) is 57.3 Å². The van der Waals surface area contributed by atoms with E-state index in [1.54, 1.807) is 0 Å². The number of phosphoric ester groups is 2. The van der Waals surface area contributed by atoms with E-state index in [0.717, 1.165) is 121 Å². The molecule has 0 saturated heterocycles. The lowest BCUT2D eigenvalue weighted by molar-refractivity contribution is -0.161. The van der Waals surface area contributed by atoms with E-state index >= 15 is 0 Å². The highest BCUT2D eigenvalue weighted by Crippen LogP contribution is 2.45. The second-order valence-electron chi connectivity index (χ2n) is 27.7. The van der Waals surface area contributed by atoms with Crippen LogP contribution in [0.2, 0.25) is 0 Å². The first kappa shape index (κ1) is 94.5. The summed E-state index contributed by atoms with van der Waals surface area (Å²) in [6.45, 7) is 7.25. The van der Waals surface area contributed by atoms with Crippen LogP contribution in [0.1, 0.15) is 388 Å². The molecule has 19 heteroatoms. The summed E-state index contributed by atoms with van der Waals surface area (Å²) in [6.07, 6.45) is 63.3. The van der Waals surface area contributed by atoms with Crippen LogP contribution in [-0.4, -0.2) is 96.7 Å². The number of phosphoric acid groups is 2. The summed E-state index contributed by atoms with van der Waals surface area (Å²) in [5.74, 6) is -1.30. The Labute approximate surface area is 592 Å². The third-order valence-corrected chi connectivity index (χ3v) is 19.9. The highest BCUT2D eigenvalue weighted by Gasteiger charge is 2.30. The first-order chi connectivity index (χ1) is 47.1. The topological polar surface area (TPSA) is 237 Å². The molecule has 0 radical (unpaired) electrons. The zero-order chi connectivity index (χ0) is 71.2. The number of unbranched alkanes of at least 4 members (excludes halogenated alkanes) is 44. The summed E-state index contributed by atoms with van der Waals surface area (Å²) in [4.78, 5) is 72.7. The fourth-order valence-corrected chi connectivity index (χ4v) is 13.1. The van der Waals surface area contributed by atoms with E-state index in [1.807, 2.05) is 0 Å². The van der Waals surface area contributed by atoms with Crippen molar-refractivity contribution >= 4 is 39.5 Å². The van der Waals surface area contributed by atoms with Gasteiger partial charge in [0.2, 0.25) is 0 Å². The Kier molecular flexibility index (Phi) is 68.8. The van der Waals surface area contributed by atoms with Gasteiger partial charge in [-0.2, -0.15) is 0 Å². The Morgan fingerprint density at radius 2 is 0.577 bits per heavy atom. The summed E-state index contributed by atoms with van der Waals surface area (Å²) in [6, 6.07) is 0. The first-order valence-corrected chi connectivity index (χ1v) is 43.0. The molecule has 0 aliphatic rings. The standard InChI is InChI=1S/C78H148O17P2/c1-6-10-13-16-19-21-23-25-27-28-30-34-38-42-47-52-57-62-76(81)89-68-74(95-78(83)64-59-54-49-44-40-36-32-31-33-37-41-46-50-55-60-71(5)9-4)70-93-97(86,87)91-66-72(79)65-90-96(84,85)92-69-73(67-88-75(80)61-56-51-45-18-15-12-8-3)94-77(82)63-58-53-48-43-39-35-29-26-24-22-20-17-14-11-7-2/h22,24,26,29,71-74,79H,6-21,23,25,27-28,30-70H2,1-5H3,(H,84,85)(H,86,87)/b24-22-,29-26-/t71?,72-,73+,74+/m0/s1. The SMILES string of the molecule is CCCCCC/C=C\C=C/CCCCCCCC(=O)O[C@H](COC(=O)CCCCCCCCC)COP(=O)(O)OC[C@H](O)COP(=O)(O)OC[C@@H](COC(=O)CCCCCCCCCCCCCCCCCCC)OC(=O)CCCCCCCCCCCCCCCCC(C)CC. The van der Waals surface area contributed by atoms with E-state index in [2.05, 4.69) is 58.9 Å². The van der Waals surface area contributed by atoms with Gasteiger partial charge in [0.1, 0.15) is 19.3 Å². The van der Waals surface area contributed by atoms with Crippen molar-refractivity contribution in [2.24, 2.45) is 5.92 Å². The summed E-state index contributed by atoms with van der Waals surface area (Å²) < 4.78 is 68.4. The van der Waals surface area contributed by atoms with Gasteiger partial charge >= 0.3 is 39.5 Å². The number of hydrogen-bond acceptors (Lipinski definition) is 15. The normalized spacial score (nSPS) is 14.4. The van der Waals surface area contributed by atoms with Crippen molar-refractivity contribution in [3.63, 3.8) is 0 Å². The van der Waals surface area contributed by atoms with Crippen LogP contribution in [0.15, 0.2) is 24.3 Å². The number of hydrogen-bond donors (Lipinski definition) is 3. The predicted molar refractivity (Wildman–Crippen MR) is 395 cm³/mol. The lowest BCUT2D eigenvalue weighted by Crippen LogP contribution is -2.30. The first-order valence-electron chi connectivity index (χ1n) is 40.0. The van der Waals surface area contributed by atoms with Crippen LogP contribution < -0.4 is 0 Å². The highest BCUT2D eigenvalue weighted by atomic mass is 31.2. The summed E-state index contributed by atoms with van der Waals surface area (Å²) in [5, 5.41) is 10.6. The predicted octanol–water partition coefficient (Wildman–Crippen LogP) is 22.8. The number of allylic oxidation sites excluding steroid dienone is 4. The molecule has 0 fully saturated rings. The molecule has 0 aliphatic heterocycles. The van der Waals surface area contributed by atoms with Crippen molar-refractivity contribution in [2.45, 2.75) is 406 Å². The van der Waals surface area contributed by atoms with Crippen LogP contribution in [0.3, 0.4) is 0 Å². The van der Waals surface area contributed by atoms with Gasteiger partial charge in [-0.15, -0.1) is 0 Å². The molecular weight excluding hydrogens is 1270 g/mol. The van der Waals surface area contributed by atoms with E-state index in [9.17, 15) is 43.2 Å². The Balaban J connectivity index is 5.22. The highest BCUT2D eigenvalue weighted by molar-refractivity contribution is 7.47. The Morgan fingerprint density at radius 1 is 0.330 bits per heavy atom. The number of carbonyl (C=O) groups is 4. The zero-order valence-corrected chi connectivity index (χ0v) is 64.5. The Hall–Kier alpha value is -2.46. The van der Waals surface area contributed by atoms with Crippen molar-refractivity contribution in [3.8, 4) is 0 Å². The van der Waals surface area contributed by atoms with Crippen LogP contribution in [0.25, 0.3) is 0 Å². The average Bonchev–Trinajstić information content (AvgIpc) is 1.58. The van der Waals surface area contributed by atoms with Crippen LogP contribution in [0.4, 0.5) is 0 Å². The number of aliphatic hydroxyl groups excluding tert-OH is 1. The maximum Gasteiger partial charge on any atom is 0.472 e. The van der Waals surface area contributed by atoms with E-state index in [1.165, 1.54) is 186 Å². The molecule has 3 N–H and O–H groups in total. The van der Waals surface area contributed by atoms with Gasteiger partial charge in [0.25, 0.3) is 0 Å². The third-order valence-electron chi connectivity index (χ3n) is 18.0. The maximum absolute atomic E-state index is 13.1. The molecule has 0 rings (SSSR count). The quantitative estimate of drug-likeness (QED) is 0.0169. The van der Waals surface area contributed by atoms with Crippen molar-refractivity contribution in [3.05, 3.63) is 24.3 Å². The van der Waals surface area contributed by atoms with Crippen LogP contribution in [0.5, 0.6) is 0 Å². The zero-order valence-electron chi connectivity index (χ0n) is 62.7. The maximum atomic E-state index is 13.1. The molecule has 0 bridgehead atoms. The molecule has 0 aromatic carbocycles. The molecule has 3 unspecified atom stereocenters. The number of ether oxygens (including phenoxy) is 4. The largest absolute Gasteiger partial charge is 0.472 e. The van der Waals surface area contributed by atoms with Gasteiger partial charge in [-0.25, -0.2) is 9.13 Å². The molecule has 0 heterocycles. The van der Waals surface area contributed by atoms with Crippen LogP contribution >= 0.6 is 15.6 Å². The Bertz CT molecular complexity index is 1950. The van der Waals surface area contributed by atoms with Crippen molar-refractivity contribution < 1.29 is 80.2 Å². The monoisotopic (exact) mass is 1420 g/mol. The molecule has 0 amide bonds. The lowest BCUT2D eigenvalue weighted by Gasteiger charge is -2.21. The number of esters is 4. The van der Waals surface area contributed by atoms with Gasteiger partial charge in [0, 0.05) is 25.7 Å². The fraction of sp³-hybridized carbons (Fsp3) is 0.897. The minimum atomic E-state index is -4.96. The van der Waals surface area contributed by atoms with Gasteiger partial charge < -0.3 is 33.8 Å². The number of rotatable bonds is 76. The molecule has 0 aromatic heterocycles. The summed E-state index contributed by atoms with van der Waals surface area (Å²) >= 11 is 0. The van der Waals surface area contributed by atoms with Crippen LogP contribution in [-0.2, 0) is 65.4 Å². The number of carbonyl (C=O) groups excluding carboxylic acids is 4. The average molecular weight is 1420 g/mol. The van der Waals surface area contributed by atoms with Gasteiger partial charge in [0.15, 0.2) is 12.2 Å². The minimum absolute atomic E-state index is 0.0849.